The van der Waals surface area contributed by atoms with Gasteiger partial charge in [-0.1, -0.05) is 0 Å². The zero-order valence-electron chi connectivity index (χ0n) is 9.31. The van der Waals surface area contributed by atoms with E-state index < -0.39 is 15.6 Å². The molecular formula is C7H19ClFNO4S. The fourth-order valence-electron chi connectivity index (χ4n) is 0.300. The number of nitrogens with zero attached hydrogens (tertiary/aromatic N) is 1. The summed E-state index contributed by atoms with van der Waals surface area (Å²) < 4.78 is 38.9. The van der Waals surface area contributed by atoms with Crippen LogP contribution in [0.15, 0.2) is 0 Å². The minimum absolute atomic E-state index is 0. The highest BCUT2D eigenvalue weighted by atomic mass is 35.5. The van der Waals surface area contributed by atoms with Crippen LogP contribution in [0.25, 0.3) is 0 Å². The van der Waals surface area contributed by atoms with Gasteiger partial charge in [0.15, 0.2) is 0 Å². The van der Waals surface area contributed by atoms with Crippen molar-refractivity contribution in [2.45, 2.75) is 12.4 Å². The fraction of sp³-hybridized carbons (Fsp3) is 1.00. The van der Waals surface area contributed by atoms with E-state index in [1.165, 1.54) is 0 Å². The second-order valence-electron chi connectivity index (χ2n) is 3.80. The number of aliphatic hydroxyl groups excluding tert-OH is 1. The highest BCUT2D eigenvalue weighted by Gasteiger charge is 2.13. The maximum atomic E-state index is 11.4. The van der Waals surface area contributed by atoms with Crippen LogP contribution in [0.1, 0.15) is 6.92 Å². The molecule has 0 radical (unpaired) electrons. The summed E-state index contributed by atoms with van der Waals surface area (Å²) in [7, 11) is 1.75. The van der Waals surface area contributed by atoms with Crippen molar-refractivity contribution in [1.29, 1.82) is 0 Å². The number of hydrogen-bond donors (Lipinski definition) is 2. The van der Waals surface area contributed by atoms with Crippen LogP contribution in [0.2, 0.25) is 0 Å². The maximum absolute atomic E-state index is 11.4. The lowest BCUT2D eigenvalue weighted by Crippen LogP contribution is -3.00. The van der Waals surface area contributed by atoms with Gasteiger partial charge in [0.25, 0.3) is 10.1 Å². The molecule has 0 aliphatic rings. The van der Waals surface area contributed by atoms with Crippen LogP contribution in [-0.4, -0.2) is 62.4 Å². The van der Waals surface area contributed by atoms with Crippen LogP contribution >= 0.6 is 0 Å². The molecule has 0 aliphatic carbocycles. The molecule has 8 heteroatoms. The van der Waals surface area contributed by atoms with Crippen molar-refractivity contribution in [2.24, 2.45) is 0 Å². The zero-order valence-corrected chi connectivity index (χ0v) is 10.9. The van der Waals surface area contributed by atoms with E-state index in [2.05, 4.69) is 21.1 Å². The lowest BCUT2D eigenvalue weighted by atomic mass is 10.5. The number of halogens is 2. The number of hydrogen-bond acceptors (Lipinski definition) is 3. The van der Waals surface area contributed by atoms with Gasteiger partial charge in [-0.25, -0.2) is 4.39 Å². The Kier molecular flexibility index (Phi) is 11.2. The highest BCUT2D eigenvalue weighted by Crippen LogP contribution is 1.95. The third kappa shape index (κ3) is 20.2. The maximum Gasteiger partial charge on any atom is 0.297 e. The molecule has 0 aliphatic heterocycles. The Balaban J connectivity index is -0.000000180. The Bertz CT molecular complexity index is 238. The standard InChI is InChI=1S/C5H14NO.C2H5FO3S.ClH/c1-6(2,3)4-5-7;1-2(3)7(4,5)6;/h7H,4-5H2,1-3H3;2H,1H3,(H,4,5,6);1H/q+1;;/p-1. The summed E-state index contributed by atoms with van der Waals surface area (Å²) in [5.41, 5.74) is -2.17. The molecular weight excluding hydrogens is 249 g/mol. The average Bonchev–Trinajstić information content (AvgIpc) is 1.82. The predicted octanol–water partition coefficient (Wildman–Crippen LogP) is -3.12. The summed E-state index contributed by atoms with van der Waals surface area (Å²) in [6.07, 6.45) is 0. The summed E-state index contributed by atoms with van der Waals surface area (Å²) in [6.45, 7) is 1.86. The summed E-state index contributed by atoms with van der Waals surface area (Å²) in [6, 6.07) is 0. The van der Waals surface area contributed by atoms with Gasteiger partial charge in [0, 0.05) is 0 Å². The molecule has 0 aromatic heterocycles. The summed E-state index contributed by atoms with van der Waals surface area (Å²) in [5, 5.41) is 8.39. The summed E-state index contributed by atoms with van der Waals surface area (Å²) in [5.74, 6) is 0. The molecule has 96 valence electrons. The van der Waals surface area contributed by atoms with Crippen molar-refractivity contribution in [3.8, 4) is 0 Å². The van der Waals surface area contributed by atoms with Crippen molar-refractivity contribution in [3.05, 3.63) is 0 Å². The molecule has 0 fully saturated rings. The Morgan fingerprint density at radius 3 is 1.60 bits per heavy atom. The van der Waals surface area contributed by atoms with Gasteiger partial charge in [0.1, 0.15) is 6.54 Å². The van der Waals surface area contributed by atoms with Crippen LogP contribution < -0.4 is 12.4 Å². The number of aliphatic hydroxyl groups is 1. The summed E-state index contributed by atoms with van der Waals surface area (Å²) in [4.78, 5) is 0. The number of rotatable bonds is 3. The van der Waals surface area contributed by atoms with E-state index >= 15 is 0 Å². The number of alkyl halides is 1. The number of quaternary nitrogens is 1. The average molecular weight is 268 g/mol. The van der Waals surface area contributed by atoms with Gasteiger partial charge >= 0.3 is 0 Å². The van der Waals surface area contributed by atoms with Crippen LogP contribution in [-0.2, 0) is 10.1 Å². The molecule has 0 saturated carbocycles. The monoisotopic (exact) mass is 267 g/mol. The second-order valence-corrected chi connectivity index (χ2v) is 5.48. The molecule has 0 rings (SSSR count). The van der Waals surface area contributed by atoms with E-state index in [0.717, 1.165) is 18.0 Å². The quantitative estimate of drug-likeness (QED) is 0.419. The van der Waals surface area contributed by atoms with Crippen molar-refractivity contribution >= 4 is 10.1 Å². The van der Waals surface area contributed by atoms with Gasteiger partial charge in [-0.3, -0.25) is 4.55 Å². The molecule has 1 unspecified atom stereocenters. The number of likely N-dealkylation sites (N-methyl/N-ethyl adjacent to an activating group) is 1. The molecule has 0 aromatic rings. The smallest absolute Gasteiger partial charge is 0.297 e. The molecule has 0 amide bonds. The first-order valence-corrected chi connectivity index (χ1v) is 5.52. The lowest BCUT2D eigenvalue weighted by molar-refractivity contribution is -0.870. The molecule has 5 nitrogen and oxygen atoms in total. The Labute approximate surface area is 96.6 Å². The Morgan fingerprint density at radius 1 is 1.33 bits per heavy atom. The van der Waals surface area contributed by atoms with E-state index in [1.54, 1.807) is 0 Å². The van der Waals surface area contributed by atoms with Crippen molar-refractivity contribution in [1.82, 2.24) is 0 Å². The minimum Gasteiger partial charge on any atom is -1.00 e. The van der Waals surface area contributed by atoms with Gasteiger partial charge in [0.05, 0.1) is 27.7 Å². The normalized spacial score (nSPS) is 13.3. The van der Waals surface area contributed by atoms with Gasteiger partial charge in [0.2, 0.25) is 5.50 Å². The lowest BCUT2D eigenvalue weighted by Gasteiger charge is -2.21. The Hall–Kier alpha value is 0.0500. The van der Waals surface area contributed by atoms with E-state index in [4.69, 9.17) is 9.66 Å². The predicted molar refractivity (Wildman–Crippen MR) is 52.1 cm³/mol. The molecule has 0 saturated heterocycles. The molecule has 1 atom stereocenters. The largest absolute Gasteiger partial charge is 1.00 e. The summed E-state index contributed by atoms with van der Waals surface area (Å²) >= 11 is 0. The van der Waals surface area contributed by atoms with Gasteiger partial charge < -0.3 is 22.0 Å². The molecule has 0 bridgehead atoms. The van der Waals surface area contributed by atoms with Crippen LogP contribution in [0.3, 0.4) is 0 Å². The van der Waals surface area contributed by atoms with Crippen molar-refractivity contribution < 1.29 is 39.4 Å². The van der Waals surface area contributed by atoms with E-state index in [1.807, 2.05) is 0 Å². The molecule has 2 N–H and O–H groups in total. The minimum atomic E-state index is -4.41. The van der Waals surface area contributed by atoms with Crippen molar-refractivity contribution in [2.75, 3.05) is 34.3 Å². The third-order valence-electron chi connectivity index (χ3n) is 1.18. The van der Waals surface area contributed by atoms with E-state index in [-0.39, 0.29) is 19.0 Å². The highest BCUT2D eigenvalue weighted by molar-refractivity contribution is 7.86. The first kappa shape index (κ1) is 20.5. The van der Waals surface area contributed by atoms with Crippen molar-refractivity contribution in [3.63, 3.8) is 0 Å². The van der Waals surface area contributed by atoms with E-state index in [9.17, 15) is 12.8 Å². The third-order valence-corrected chi connectivity index (χ3v) is 2.00. The first-order chi connectivity index (χ1) is 6.00. The Morgan fingerprint density at radius 2 is 1.60 bits per heavy atom. The van der Waals surface area contributed by atoms with Gasteiger partial charge in [-0.15, -0.1) is 0 Å². The first-order valence-electron chi connectivity index (χ1n) is 4.02. The van der Waals surface area contributed by atoms with Gasteiger partial charge in [-0.05, 0) is 6.92 Å². The molecule has 0 heterocycles. The van der Waals surface area contributed by atoms with Gasteiger partial charge in [-0.2, -0.15) is 8.42 Å². The molecule has 15 heavy (non-hydrogen) atoms. The molecule has 0 spiro atoms. The van der Waals surface area contributed by atoms with Crippen LogP contribution in [0, 0.1) is 0 Å². The van der Waals surface area contributed by atoms with Crippen LogP contribution in [0.4, 0.5) is 4.39 Å². The van der Waals surface area contributed by atoms with Crippen LogP contribution in [0.5, 0.6) is 0 Å². The fourth-order valence-corrected chi connectivity index (χ4v) is 0.300. The SMILES string of the molecule is CC(F)S(=O)(=O)O.C[N+](C)(C)CCO.[Cl-]. The molecule has 0 aromatic carbocycles. The topological polar surface area (TPSA) is 74.6 Å². The second kappa shape index (κ2) is 8.23. The zero-order chi connectivity index (χ0) is 12.0. The van der Waals surface area contributed by atoms with E-state index in [0.29, 0.717) is 0 Å².